The Balaban J connectivity index is 1.47. The molecule has 0 bridgehead atoms. The quantitative estimate of drug-likeness (QED) is 0.0204. The normalized spacial score (nSPS) is 27.0. The average Bonchev–Trinajstić information content (AvgIpc) is 3.92. The number of Topliss-reactive ketones (excluding diaryl/α,β-unsaturated/α-hetero) is 1. The molecule has 0 aromatic heterocycles. The van der Waals surface area contributed by atoms with Crippen molar-refractivity contribution in [3.05, 3.63) is 70.1 Å². The van der Waals surface area contributed by atoms with Gasteiger partial charge in [0.05, 0.1) is 30.8 Å². The van der Waals surface area contributed by atoms with Crippen molar-refractivity contribution in [3.63, 3.8) is 0 Å². The molecule has 4 aliphatic carbocycles. The van der Waals surface area contributed by atoms with Crippen LogP contribution in [0.5, 0.6) is 0 Å². The van der Waals surface area contributed by atoms with Crippen LogP contribution in [-0.4, -0.2) is 59.5 Å². The third-order valence-corrected chi connectivity index (χ3v) is 19.2. The van der Waals surface area contributed by atoms with Crippen molar-refractivity contribution >= 4 is 23.8 Å². The van der Waals surface area contributed by atoms with Crippen LogP contribution in [0.25, 0.3) is 0 Å². The van der Waals surface area contributed by atoms with E-state index in [1.165, 1.54) is 134 Å². The topological polar surface area (TPSA) is 127 Å². The fraction of sp³-hybridized carbons (Fsp3) is 0.771. The number of unbranched alkanes of at least 4 members (excludes halogenated alkanes) is 23. The van der Waals surface area contributed by atoms with E-state index in [9.17, 15) is 24.6 Å². The van der Waals surface area contributed by atoms with Gasteiger partial charge in [0, 0.05) is 35.7 Å². The van der Waals surface area contributed by atoms with Crippen LogP contribution in [0.1, 0.15) is 286 Å². The van der Waals surface area contributed by atoms with Crippen LogP contribution < -0.4 is 0 Å². The Bertz CT molecular complexity index is 2010. The van der Waals surface area contributed by atoms with Crippen LogP contribution in [0.4, 0.5) is 0 Å². The molecular weight excluding hydrogens is 969 g/mol. The smallest absolute Gasteiger partial charge is 0.305 e. The van der Waals surface area contributed by atoms with Gasteiger partial charge in [-0.05, 0) is 136 Å². The molecular formula is C70H114O8. The number of ketones is 2. The molecule has 0 aromatic rings. The van der Waals surface area contributed by atoms with Gasteiger partial charge in [-0.2, -0.15) is 0 Å². The Labute approximate surface area is 476 Å². The van der Waals surface area contributed by atoms with E-state index in [0.717, 1.165) is 87.2 Å². The molecule has 8 heteroatoms. The molecule has 0 amide bonds. The van der Waals surface area contributed by atoms with Gasteiger partial charge in [-0.3, -0.25) is 19.2 Å². The minimum Gasteiger partial charge on any atom is -0.493 e. The second-order valence-corrected chi connectivity index (χ2v) is 25.3. The maximum atomic E-state index is 15.1. The molecule has 2 fully saturated rings. The first-order valence-corrected chi connectivity index (χ1v) is 32.4. The zero-order chi connectivity index (χ0) is 56.8. The van der Waals surface area contributed by atoms with Crippen molar-refractivity contribution in [2.75, 3.05) is 13.7 Å². The Morgan fingerprint density at radius 3 is 1.90 bits per heavy atom. The SMILES string of the molecule is CCCCC=CCCCCCCCCCC12C(=O)C(OC)=CC(=O)C1CC(C1CCC3(C(CCCOC(=O)CCCCCCCCCCCCCCCCC)C(=C(C)C=O)CCC3(C)O)C1O)=CC2C=C(C)CCC=C(C)C. The monoisotopic (exact) mass is 1080 g/mol. The number of esters is 1. The number of allylic oxidation sites excluding steroid dienone is 11. The molecule has 2 saturated carbocycles. The summed E-state index contributed by atoms with van der Waals surface area (Å²) < 4.78 is 11.6. The zero-order valence-electron chi connectivity index (χ0n) is 51.1. The van der Waals surface area contributed by atoms with Crippen LogP contribution in [-0.2, 0) is 28.7 Å². The minimum absolute atomic E-state index is 0.0907. The van der Waals surface area contributed by atoms with Crippen molar-refractivity contribution in [2.24, 2.45) is 34.5 Å². The summed E-state index contributed by atoms with van der Waals surface area (Å²) >= 11 is 0. The number of rotatable bonds is 40. The van der Waals surface area contributed by atoms with Crippen molar-refractivity contribution < 1.29 is 38.9 Å². The van der Waals surface area contributed by atoms with E-state index in [-0.39, 0.29) is 47.7 Å². The predicted molar refractivity (Wildman–Crippen MR) is 323 cm³/mol. The summed E-state index contributed by atoms with van der Waals surface area (Å²) in [6.07, 6.45) is 50.6. The number of fused-ring (bicyclic) bond motifs is 1. The Morgan fingerprint density at radius 1 is 0.731 bits per heavy atom. The summed E-state index contributed by atoms with van der Waals surface area (Å²) in [5, 5.41) is 25.8. The summed E-state index contributed by atoms with van der Waals surface area (Å²) in [7, 11) is 1.49. The van der Waals surface area contributed by atoms with Crippen LogP contribution in [0.3, 0.4) is 0 Å². The van der Waals surface area contributed by atoms with Gasteiger partial charge in [0.15, 0.2) is 11.5 Å². The number of aldehydes is 1. The predicted octanol–water partition coefficient (Wildman–Crippen LogP) is 18.2. The van der Waals surface area contributed by atoms with Crippen molar-refractivity contribution in [1.29, 1.82) is 0 Å². The average molecular weight is 1080 g/mol. The van der Waals surface area contributed by atoms with Crippen molar-refractivity contribution in [1.82, 2.24) is 0 Å². The number of carbonyl (C=O) groups is 4. The van der Waals surface area contributed by atoms with Crippen LogP contribution >= 0.6 is 0 Å². The summed E-state index contributed by atoms with van der Waals surface area (Å²) in [6, 6.07) is 0. The highest BCUT2D eigenvalue weighted by Gasteiger charge is 2.65. The molecule has 4 aliphatic rings. The molecule has 8 unspecified atom stereocenters. The number of methoxy groups -OCH3 is 1. The largest absolute Gasteiger partial charge is 0.493 e. The van der Waals surface area contributed by atoms with Gasteiger partial charge in [0.25, 0.3) is 0 Å². The lowest BCUT2D eigenvalue weighted by molar-refractivity contribution is -0.168. The maximum Gasteiger partial charge on any atom is 0.305 e. The highest BCUT2D eigenvalue weighted by Crippen LogP contribution is 2.65. The first-order chi connectivity index (χ1) is 37.6. The first kappa shape index (κ1) is 67.1. The number of hydrogen-bond acceptors (Lipinski definition) is 8. The van der Waals surface area contributed by atoms with Crippen LogP contribution in [0.15, 0.2) is 70.1 Å². The standard InChI is InChI=1S/C70H114O8/c1-9-11-13-15-17-19-21-23-24-25-27-29-31-33-35-42-65(73)78-48-38-41-61-59(56(6)53-71)43-46-68(7,76)70(61)47-44-60(66(70)74)57-50-58(49-55(5)40-37-39-54(3)4)69(62(51-57)63(72)52-64(77-8)67(69)75)45-36-34-32-30-28-26-22-20-18-16-14-12-10-2/h16,18,39,49-50,52-53,58,60-62,66,74,76H,9-15,17,19-38,40-48,51H2,1-8H3. The molecule has 1 spiro atoms. The zero-order valence-corrected chi connectivity index (χ0v) is 51.1. The van der Waals surface area contributed by atoms with E-state index in [4.69, 9.17) is 9.47 Å². The molecule has 0 aromatic carbocycles. The van der Waals surface area contributed by atoms with Crippen molar-refractivity contribution in [2.45, 2.75) is 298 Å². The maximum absolute atomic E-state index is 15.1. The third kappa shape index (κ3) is 19.7. The lowest BCUT2D eigenvalue weighted by Crippen LogP contribution is -2.59. The Kier molecular flexibility index (Phi) is 31.1. The van der Waals surface area contributed by atoms with Gasteiger partial charge in [-0.25, -0.2) is 0 Å². The third-order valence-electron chi connectivity index (χ3n) is 19.2. The lowest BCUT2D eigenvalue weighted by Gasteiger charge is -2.56. The fourth-order valence-electron chi connectivity index (χ4n) is 14.5. The lowest BCUT2D eigenvalue weighted by atomic mass is 9.51. The molecule has 0 heterocycles. The van der Waals surface area contributed by atoms with Crippen molar-refractivity contribution in [3.8, 4) is 0 Å². The van der Waals surface area contributed by atoms with Gasteiger partial charge in [0.1, 0.15) is 6.29 Å². The first-order valence-electron chi connectivity index (χ1n) is 32.4. The van der Waals surface area contributed by atoms with Gasteiger partial charge < -0.3 is 19.7 Å². The Morgan fingerprint density at radius 2 is 1.31 bits per heavy atom. The molecule has 2 N–H and O–H groups in total. The number of aliphatic hydroxyl groups excluding tert-OH is 1. The molecule has 0 aliphatic heterocycles. The highest BCUT2D eigenvalue weighted by atomic mass is 16.5. The van der Waals surface area contributed by atoms with E-state index >= 15 is 4.79 Å². The molecule has 0 saturated heterocycles. The van der Waals surface area contributed by atoms with Gasteiger partial charge in [-0.1, -0.05) is 208 Å². The molecule has 8 atom stereocenters. The van der Waals surface area contributed by atoms with Gasteiger partial charge >= 0.3 is 5.97 Å². The fourth-order valence-corrected chi connectivity index (χ4v) is 14.5. The molecule has 4 rings (SSSR count). The Hall–Kier alpha value is -3.36. The van der Waals surface area contributed by atoms with E-state index in [2.05, 4.69) is 65.0 Å². The van der Waals surface area contributed by atoms with E-state index in [1.54, 1.807) is 0 Å². The molecule has 442 valence electrons. The number of carbonyl (C=O) groups excluding carboxylic acids is 4. The second-order valence-electron chi connectivity index (χ2n) is 25.3. The number of aliphatic hydroxyl groups is 2. The number of hydrogen-bond donors (Lipinski definition) is 2. The van der Waals surface area contributed by atoms with E-state index < -0.39 is 28.5 Å². The summed E-state index contributed by atoms with van der Waals surface area (Å²) in [5.41, 5.74) is 1.79. The second kappa shape index (κ2) is 36.2. The van der Waals surface area contributed by atoms with Crippen LogP contribution in [0, 0.1) is 34.5 Å². The number of ether oxygens (including phenoxy) is 2. The summed E-state index contributed by atoms with van der Waals surface area (Å²) in [5.74, 6) is -1.89. The summed E-state index contributed by atoms with van der Waals surface area (Å²) in [6.45, 7) is 14.8. The molecule has 0 radical (unpaired) electrons. The van der Waals surface area contributed by atoms with E-state index in [1.807, 2.05) is 13.8 Å². The highest BCUT2D eigenvalue weighted by molar-refractivity contribution is 6.12. The van der Waals surface area contributed by atoms with Gasteiger partial charge in [0.2, 0.25) is 5.78 Å². The van der Waals surface area contributed by atoms with Gasteiger partial charge in [-0.15, -0.1) is 0 Å². The van der Waals surface area contributed by atoms with Crippen LogP contribution in [0.2, 0.25) is 0 Å². The molecule has 78 heavy (non-hydrogen) atoms. The minimum atomic E-state index is -1.25. The molecule has 8 nitrogen and oxygen atoms in total. The van der Waals surface area contributed by atoms with E-state index in [0.29, 0.717) is 63.4 Å². The summed E-state index contributed by atoms with van der Waals surface area (Å²) in [4.78, 5) is 55.2.